The minimum absolute atomic E-state index is 0.0494. The van der Waals surface area contributed by atoms with Gasteiger partial charge in [0, 0.05) is 16.2 Å². The van der Waals surface area contributed by atoms with Gasteiger partial charge < -0.3 is 4.57 Å². The standard InChI is InChI=1S/C47H33N/c1-28-19-22-32-33-23-20-29(26-41(33)46(2,3)40(32)25-28)30-21-24-34-31-11-4-6-14-37(31)47(42(34)27-30)38-15-7-9-18-44(38)48-43-17-8-5-12-35(43)36-13-10-16-39(47)45(36)48/h4-27H,1-3H3. The Labute approximate surface area is 280 Å². The first kappa shape index (κ1) is 26.4. The van der Waals surface area contributed by atoms with Gasteiger partial charge in [0.15, 0.2) is 0 Å². The molecule has 1 unspecified atom stereocenters. The number of rotatable bonds is 1. The molecule has 0 saturated carbocycles. The van der Waals surface area contributed by atoms with E-state index in [-0.39, 0.29) is 5.41 Å². The Morgan fingerprint density at radius 3 is 1.85 bits per heavy atom. The Kier molecular flexibility index (Phi) is 4.85. The molecule has 0 N–H and O–H groups in total. The molecule has 226 valence electrons. The van der Waals surface area contributed by atoms with Gasteiger partial charge in [-0.2, -0.15) is 0 Å². The second kappa shape index (κ2) is 8.82. The summed E-state index contributed by atoms with van der Waals surface area (Å²) in [6, 6.07) is 55.5. The molecule has 2 aliphatic carbocycles. The highest BCUT2D eigenvalue weighted by Gasteiger charge is 2.50. The maximum Gasteiger partial charge on any atom is 0.0754 e. The quantitative estimate of drug-likeness (QED) is 0.174. The largest absolute Gasteiger partial charge is 0.309 e. The Balaban J connectivity index is 1.22. The number of aryl methyl sites for hydroxylation is 1. The fourth-order valence-electron chi connectivity index (χ4n) is 9.77. The fourth-order valence-corrected chi connectivity index (χ4v) is 9.77. The van der Waals surface area contributed by atoms with E-state index < -0.39 is 5.41 Å². The van der Waals surface area contributed by atoms with Crippen molar-refractivity contribution in [2.45, 2.75) is 31.6 Å². The van der Waals surface area contributed by atoms with Crippen LogP contribution in [0.5, 0.6) is 0 Å². The van der Waals surface area contributed by atoms with Crippen LogP contribution in [0.4, 0.5) is 0 Å². The topological polar surface area (TPSA) is 4.93 Å². The highest BCUT2D eigenvalue weighted by atomic mass is 15.0. The van der Waals surface area contributed by atoms with Gasteiger partial charge in [0.25, 0.3) is 0 Å². The highest BCUT2D eigenvalue weighted by molar-refractivity contribution is 6.12. The molecule has 0 amide bonds. The third-order valence-electron chi connectivity index (χ3n) is 11.9. The Hall–Kier alpha value is -5.66. The lowest BCUT2D eigenvalue weighted by atomic mass is 9.65. The van der Waals surface area contributed by atoms with Crippen LogP contribution in [0, 0.1) is 6.92 Å². The van der Waals surface area contributed by atoms with E-state index in [1.807, 2.05) is 0 Å². The molecule has 0 fully saturated rings. The molecular weight excluding hydrogens is 579 g/mol. The minimum atomic E-state index is -0.438. The molecule has 1 spiro atoms. The summed E-state index contributed by atoms with van der Waals surface area (Å²) in [6.07, 6.45) is 0. The van der Waals surface area contributed by atoms with Crippen molar-refractivity contribution in [3.05, 3.63) is 185 Å². The summed E-state index contributed by atoms with van der Waals surface area (Å²) in [5.41, 5.74) is 20.9. The zero-order chi connectivity index (χ0) is 31.9. The van der Waals surface area contributed by atoms with Crippen molar-refractivity contribution in [1.29, 1.82) is 0 Å². The summed E-state index contributed by atoms with van der Waals surface area (Å²) in [4.78, 5) is 0. The second-order valence-corrected chi connectivity index (χ2v) is 14.6. The SMILES string of the molecule is Cc1ccc2c(c1)C(C)(C)c1cc(-c3ccc4c(c3)C3(c5ccccc5-4)c4ccccc4-n4c5ccccc5c5cccc3c54)ccc1-2. The second-order valence-electron chi connectivity index (χ2n) is 14.6. The van der Waals surface area contributed by atoms with Crippen molar-refractivity contribution >= 4 is 21.8 Å². The van der Waals surface area contributed by atoms with Crippen LogP contribution < -0.4 is 0 Å². The molecule has 1 atom stereocenters. The maximum absolute atomic E-state index is 2.52. The van der Waals surface area contributed by atoms with Crippen molar-refractivity contribution in [3.8, 4) is 39.1 Å². The molecule has 1 aromatic heterocycles. The number of hydrogen-bond donors (Lipinski definition) is 0. The molecule has 1 heteroatoms. The Morgan fingerprint density at radius 1 is 0.438 bits per heavy atom. The summed E-state index contributed by atoms with van der Waals surface area (Å²) < 4.78 is 2.52. The van der Waals surface area contributed by atoms with Gasteiger partial charge in [-0.3, -0.25) is 0 Å². The van der Waals surface area contributed by atoms with Crippen molar-refractivity contribution in [2.75, 3.05) is 0 Å². The Bertz CT molecular complexity index is 2720. The summed E-state index contributed by atoms with van der Waals surface area (Å²) >= 11 is 0. The van der Waals surface area contributed by atoms with Crippen molar-refractivity contribution in [3.63, 3.8) is 0 Å². The van der Waals surface area contributed by atoms with E-state index in [0.717, 1.165) is 0 Å². The van der Waals surface area contributed by atoms with E-state index in [1.54, 1.807) is 0 Å². The van der Waals surface area contributed by atoms with Gasteiger partial charge in [-0.05, 0) is 98.0 Å². The number of hydrogen-bond acceptors (Lipinski definition) is 0. The van der Waals surface area contributed by atoms with Crippen LogP contribution in [-0.4, -0.2) is 4.57 Å². The van der Waals surface area contributed by atoms with E-state index in [1.165, 1.54) is 99.8 Å². The van der Waals surface area contributed by atoms with Crippen LogP contribution in [0.25, 0.3) is 60.9 Å². The van der Waals surface area contributed by atoms with Crippen molar-refractivity contribution < 1.29 is 0 Å². The van der Waals surface area contributed by atoms with Gasteiger partial charge in [-0.1, -0.05) is 141 Å². The van der Waals surface area contributed by atoms with Crippen molar-refractivity contribution in [1.82, 2.24) is 4.57 Å². The number of aromatic nitrogens is 1. The molecule has 2 heterocycles. The lowest BCUT2D eigenvalue weighted by molar-refractivity contribution is 0.660. The third kappa shape index (κ3) is 3.00. The molecule has 7 aromatic carbocycles. The summed E-state index contributed by atoms with van der Waals surface area (Å²) in [6.45, 7) is 6.97. The average molecular weight is 612 g/mol. The van der Waals surface area contributed by atoms with Crippen LogP contribution in [-0.2, 0) is 10.8 Å². The third-order valence-corrected chi connectivity index (χ3v) is 11.9. The van der Waals surface area contributed by atoms with Crippen LogP contribution in [0.2, 0.25) is 0 Å². The van der Waals surface area contributed by atoms with Crippen LogP contribution in [0.15, 0.2) is 146 Å². The monoisotopic (exact) mass is 611 g/mol. The first-order chi connectivity index (χ1) is 23.5. The van der Waals surface area contributed by atoms with E-state index in [4.69, 9.17) is 0 Å². The van der Waals surface area contributed by atoms with Gasteiger partial charge in [0.2, 0.25) is 0 Å². The normalized spacial score (nSPS) is 17.3. The van der Waals surface area contributed by atoms with Gasteiger partial charge in [0.1, 0.15) is 0 Å². The predicted molar refractivity (Wildman–Crippen MR) is 199 cm³/mol. The van der Waals surface area contributed by atoms with Crippen LogP contribution in [0.3, 0.4) is 0 Å². The van der Waals surface area contributed by atoms with Crippen LogP contribution >= 0.6 is 0 Å². The molecule has 3 aliphatic rings. The van der Waals surface area contributed by atoms with Gasteiger partial charge in [-0.25, -0.2) is 0 Å². The molecule has 8 aromatic rings. The first-order valence-electron chi connectivity index (χ1n) is 17.1. The van der Waals surface area contributed by atoms with Crippen molar-refractivity contribution in [2.24, 2.45) is 0 Å². The average Bonchev–Trinajstić information content (AvgIpc) is 3.69. The van der Waals surface area contributed by atoms with E-state index in [0.29, 0.717) is 0 Å². The molecular formula is C47H33N. The summed E-state index contributed by atoms with van der Waals surface area (Å²) in [5, 5.41) is 2.62. The highest BCUT2D eigenvalue weighted by Crippen LogP contribution is 2.61. The maximum atomic E-state index is 2.52. The van der Waals surface area contributed by atoms with Gasteiger partial charge in [0.05, 0.1) is 22.1 Å². The van der Waals surface area contributed by atoms with E-state index in [2.05, 4.69) is 171 Å². The summed E-state index contributed by atoms with van der Waals surface area (Å²) in [7, 11) is 0. The zero-order valence-electron chi connectivity index (χ0n) is 27.3. The van der Waals surface area contributed by atoms with Crippen LogP contribution in [0.1, 0.15) is 52.8 Å². The lowest BCUT2D eigenvalue weighted by Gasteiger charge is -2.39. The van der Waals surface area contributed by atoms with Gasteiger partial charge >= 0.3 is 0 Å². The fraction of sp³-hybridized carbons (Fsp3) is 0.106. The molecule has 0 radical (unpaired) electrons. The molecule has 11 rings (SSSR count). The van der Waals surface area contributed by atoms with Gasteiger partial charge in [-0.15, -0.1) is 0 Å². The number of benzene rings is 7. The molecule has 0 bridgehead atoms. The first-order valence-corrected chi connectivity index (χ1v) is 17.1. The lowest BCUT2D eigenvalue weighted by Crippen LogP contribution is -2.33. The molecule has 1 nitrogen and oxygen atoms in total. The molecule has 1 aliphatic heterocycles. The minimum Gasteiger partial charge on any atom is -0.309 e. The van der Waals surface area contributed by atoms with E-state index >= 15 is 0 Å². The summed E-state index contributed by atoms with van der Waals surface area (Å²) in [5.74, 6) is 0. The molecule has 48 heavy (non-hydrogen) atoms. The number of fused-ring (bicyclic) bond motifs is 15. The number of para-hydroxylation sites is 3. The Morgan fingerprint density at radius 2 is 1.02 bits per heavy atom. The predicted octanol–water partition coefficient (Wildman–Crippen LogP) is 11.7. The molecule has 0 saturated heterocycles. The zero-order valence-corrected chi connectivity index (χ0v) is 27.3. The number of nitrogens with zero attached hydrogens (tertiary/aromatic N) is 1. The van der Waals surface area contributed by atoms with E-state index in [9.17, 15) is 0 Å². The smallest absolute Gasteiger partial charge is 0.0754 e.